The largest absolute Gasteiger partial charge is 0.444 e. The van der Waals surface area contributed by atoms with E-state index in [0.717, 1.165) is 42.7 Å². The molecule has 0 aliphatic carbocycles. The second kappa shape index (κ2) is 9.02. The summed E-state index contributed by atoms with van der Waals surface area (Å²) in [6, 6.07) is 3.85. The van der Waals surface area contributed by atoms with Crippen molar-refractivity contribution >= 4 is 17.9 Å². The van der Waals surface area contributed by atoms with Gasteiger partial charge in [-0.25, -0.2) is 13.6 Å². The first kappa shape index (κ1) is 23.0. The number of thioether (sulfide) groups is 1. The number of benzene rings is 1. The average molecular weight is 465 g/mol. The number of H-pyrrole nitrogens is 1. The quantitative estimate of drug-likeness (QED) is 0.687. The first-order valence-corrected chi connectivity index (χ1v) is 12.0. The van der Waals surface area contributed by atoms with E-state index in [1.54, 1.807) is 11.8 Å². The van der Waals surface area contributed by atoms with Gasteiger partial charge < -0.3 is 10.1 Å². The highest BCUT2D eigenvalue weighted by atomic mass is 32.2. The fourth-order valence-corrected chi connectivity index (χ4v) is 6.11. The molecular formula is C23H30F2N4O2S. The van der Waals surface area contributed by atoms with Crippen LogP contribution in [0.3, 0.4) is 0 Å². The van der Waals surface area contributed by atoms with Gasteiger partial charge in [0.15, 0.2) is 0 Å². The number of aromatic nitrogens is 2. The number of carbonyl (C=O) groups excluding carboxylic acids is 1. The zero-order valence-electron chi connectivity index (χ0n) is 18.9. The van der Waals surface area contributed by atoms with E-state index in [1.165, 1.54) is 17.7 Å². The van der Waals surface area contributed by atoms with Crippen molar-refractivity contribution in [2.24, 2.45) is 5.92 Å². The van der Waals surface area contributed by atoms with Crippen molar-refractivity contribution in [3.8, 4) is 0 Å². The van der Waals surface area contributed by atoms with Gasteiger partial charge in [0.05, 0.1) is 5.69 Å². The lowest BCUT2D eigenvalue weighted by Crippen LogP contribution is -2.43. The van der Waals surface area contributed by atoms with Gasteiger partial charge in [-0.15, -0.1) is 0 Å². The maximum Gasteiger partial charge on any atom is 0.407 e. The molecule has 0 spiro atoms. The normalized spacial score (nSPS) is 23.8. The van der Waals surface area contributed by atoms with Crippen molar-refractivity contribution < 1.29 is 18.3 Å². The summed E-state index contributed by atoms with van der Waals surface area (Å²) >= 11 is 1.62. The number of nitrogens with one attached hydrogen (secondary N) is 2. The summed E-state index contributed by atoms with van der Waals surface area (Å²) < 4.78 is 33.9. The predicted molar refractivity (Wildman–Crippen MR) is 120 cm³/mol. The lowest BCUT2D eigenvalue weighted by atomic mass is 9.90. The van der Waals surface area contributed by atoms with Crippen LogP contribution in [-0.4, -0.2) is 45.1 Å². The Labute approximate surface area is 191 Å². The van der Waals surface area contributed by atoms with Crippen LogP contribution in [0.5, 0.6) is 0 Å². The maximum absolute atomic E-state index is 14.6. The van der Waals surface area contributed by atoms with E-state index in [0.29, 0.717) is 12.1 Å². The number of hydrogen-bond donors (Lipinski definition) is 2. The number of nitrogens with zero attached hydrogens (tertiary/aromatic N) is 2. The van der Waals surface area contributed by atoms with E-state index in [1.807, 2.05) is 27.7 Å². The molecule has 2 aliphatic heterocycles. The fraction of sp³-hybridized carbons (Fsp3) is 0.565. The maximum atomic E-state index is 14.6. The van der Waals surface area contributed by atoms with Crippen LogP contribution in [0.25, 0.3) is 0 Å². The molecule has 1 fully saturated rings. The second-order valence-corrected chi connectivity index (χ2v) is 10.8. The second-order valence-electron chi connectivity index (χ2n) is 9.63. The Morgan fingerprint density at radius 3 is 2.84 bits per heavy atom. The molecule has 0 saturated carbocycles. The summed E-state index contributed by atoms with van der Waals surface area (Å²) in [4.78, 5) is 14.7. The molecule has 2 aliphatic rings. The van der Waals surface area contributed by atoms with Crippen LogP contribution < -0.4 is 5.32 Å². The number of aryl methyl sites for hydroxylation is 1. The number of halogens is 2. The third kappa shape index (κ3) is 5.09. The van der Waals surface area contributed by atoms with Gasteiger partial charge in [0.1, 0.15) is 17.2 Å². The van der Waals surface area contributed by atoms with Gasteiger partial charge in [0.25, 0.3) is 0 Å². The van der Waals surface area contributed by atoms with Crippen molar-refractivity contribution in [2.45, 2.75) is 64.1 Å². The molecule has 9 heteroatoms. The molecule has 2 N–H and O–H groups in total. The number of fused-ring (bicyclic) bond motifs is 1. The van der Waals surface area contributed by atoms with Crippen molar-refractivity contribution in [3.63, 3.8) is 0 Å². The number of ether oxygens (including phenoxy) is 1. The van der Waals surface area contributed by atoms with Gasteiger partial charge >= 0.3 is 6.09 Å². The van der Waals surface area contributed by atoms with Gasteiger partial charge in [-0.05, 0) is 58.2 Å². The Kier molecular flexibility index (Phi) is 6.49. The third-order valence-corrected chi connectivity index (χ3v) is 7.61. The number of carbonyl (C=O) groups is 1. The van der Waals surface area contributed by atoms with Crippen LogP contribution >= 0.6 is 11.8 Å². The smallest absolute Gasteiger partial charge is 0.407 e. The zero-order chi connectivity index (χ0) is 23.0. The lowest BCUT2D eigenvalue weighted by Gasteiger charge is -2.40. The van der Waals surface area contributed by atoms with Crippen molar-refractivity contribution in [3.05, 3.63) is 52.3 Å². The Bertz CT molecular complexity index is 991. The van der Waals surface area contributed by atoms with E-state index in [2.05, 4.69) is 20.4 Å². The first-order chi connectivity index (χ1) is 15.1. The Balaban J connectivity index is 1.50. The molecule has 1 aromatic carbocycles. The summed E-state index contributed by atoms with van der Waals surface area (Å²) in [5.74, 6) is -0.140. The highest BCUT2D eigenvalue weighted by Gasteiger charge is 2.38. The van der Waals surface area contributed by atoms with Gasteiger partial charge in [-0.3, -0.25) is 10.00 Å². The average Bonchev–Trinajstić information content (AvgIpc) is 3.29. The molecule has 1 aromatic heterocycles. The SMILES string of the molecule is Cc1[nH]nc2c1CN(C1CSC(c3cc(F)ccc3F)C(CNC(=O)OC(C)(C)C)C1)C2. The first-order valence-electron chi connectivity index (χ1n) is 10.9. The molecule has 0 radical (unpaired) electrons. The predicted octanol–water partition coefficient (Wildman–Crippen LogP) is 4.70. The van der Waals surface area contributed by atoms with Crippen LogP contribution in [-0.2, 0) is 17.8 Å². The lowest BCUT2D eigenvalue weighted by molar-refractivity contribution is 0.0513. The number of alkyl carbamates (subject to hydrolysis) is 1. The third-order valence-electron chi connectivity index (χ3n) is 6.03. The van der Waals surface area contributed by atoms with Gasteiger partial charge in [-0.1, -0.05) is 0 Å². The summed E-state index contributed by atoms with van der Waals surface area (Å²) in [7, 11) is 0. The number of aromatic amines is 1. The van der Waals surface area contributed by atoms with Crippen molar-refractivity contribution in [2.75, 3.05) is 12.3 Å². The van der Waals surface area contributed by atoms with E-state index in [-0.39, 0.29) is 17.2 Å². The molecule has 6 nitrogen and oxygen atoms in total. The van der Waals surface area contributed by atoms with Crippen molar-refractivity contribution in [1.82, 2.24) is 20.4 Å². The standard InChI is InChI=1S/C23H30F2N4O2S/c1-13-18-10-29(11-20(18)28-27-13)16-7-14(9-26-22(30)31-23(2,3)4)21(32-12-16)17-8-15(24)5-6-19(17)25/h5-6,8,14,16,21H,7,9-12H2,1-4H3,(H,26,30)(H,27,28). The Hall–Kier alpha value is -2.13. The molecule has 3 atom stereocenters. The minimum Gasteiger partial charge on any atom is -0.444 e. The monoisotopic (exact) mass is 464 g/mol. The molecule has 2 aromatic rings. The molecule has 1 saturated heterocycles. The van der Waals surface area contributed by atoms with Crippen LogP contribution in [0.4, 0.5) is 13.6 Å². The van der Waals surface area contributed by atoms with E-state index in [9.17, 15) is 13.6 Å². The van der Waals surface area contributed by atoms with Crippen molar-refractivity contribution in [1.29, 1.82) is 0 Å². The molecule has 4 rings (SSSR count). The summed E-state index contributed by atoms with van der Waals surface area (Å²) in [6.45, 7) is 9.38. The Morgan fingerprint density at radius 1 is 1.34 bits per heavy atom. The van der Waals surface area contributed by atoms with Crippen LogP contribution in [0.2, 0.25) is 0 Å². The van der Waals surface area contributed by atoms with Crippen LogP contribution in [0.15, 0.2) is 18.2 Å². The highest BCUT2D eigenvalue weighted by Crippen LogP contribution is 2.46. The van der Waals surface area contributed by atoms with E-state index in [4.69, 9.17) is 4.74 Å². The van der Waals surface area contributed by atoms with Gasteiger partial charge in [-0.2, -0.15) is 16.9 Å². The summed E-state index contributed by atoms with van der Waals surface area (Å²) in [6.07, 6.45) is 0.260. The zero-order valence-corrected chi connectivity index (χ0v) is 19.7. The molecule has 3 heterocycles. The molecule has 32 heavy (non-hydrogen) atoms. The Morgan fingerprint density at radius 2 is 2.12 bits per heavy atom. The minimum absolute atomic E-state index is 0.0712. The van der Waals surface area contributed by atoms with E-state index >= 15 is 0 Å². The molecule has 1 amide bonds. The number of amides is 1. The fourth-order valence-electron chi connectivity index (χ4n) is 4.49. The molecular weight excluding hydrogens is 434 g/mol. The molecule has 0 bridgehead atoms. The van der Waals surface area contributed by atoms with Crippen LogP contribution in [0, 0.1) is 24.5 Å². The molecule has 3 unspecified atom stereocenters. The summed E-state index contributed by atoms with van der Waals surface area (Å²) in [5, 5.41) is 10.0. The minimum atomic E-state index is -0.602. The van der Waals surface area contributed by atoms with E-state index < -0.39 is 23.3 Å². The van der Waals surface area contributed by atoms with Crippen LogP contribution in [0.1, 0.15) is 55.0 Å². The topological polar surface area (TPSA) is 70.2 Å². The number of rotatable bonds is 4. The molecule has 174 valence electrons. The van der Waals surface area contributed by atoms with Gasteiger partial charge in [0.2, 0.25) is 0 Å². The van der Waals surface area contributed by atoms with Gasteiger partial charge in [0, 0.05) is 53.5 Å². The highest BCUT2D eigenvalue weighted by molar-refractivity contribution is 7.99. The summed E-state index contributed by atoms with van der Waals surface area (Å²) in [5.41, 5.74) is 3.17. The number of hydrogen-bond acceptors (Lipinski definition) is 5.